The second-order valence-electron chi connectivity index (χ2n) is 6.77. The van der Waals surface area contributed by atoms with E-state index in [1.165, 1.54) is 0 Å². The van der Waals surface area contributed by atoms with Gasteiger partial charge in [0.15, 0.2) is 6.61 Å². The van der Waals surface area contributed by atoms with E-state index in [-0.39, 0.29) is 25.0 Å². The van der Waals surface area contributed by atoms with Crippen LogP contribution in [0.15, 0.2) is 72.8 Å². The molecule has 0 bridgehead atoms. The highest BCUT2D eigenvalue weighted by atomic mass is 16.5. The second kappa shape index (κ2) is 10.1. The Hall–Kier alpha value is -3.80. The summed E-state index contributed by atoms with van der Waals surface area (Å²) in [7, 11) is 0. The van der Waals surface area contributed by atoms with E-state index in [1.54, 1.807) is 24.3 Å². The van der Waals surface area contributed by atoms with Crippen LogP contribution >= 0.6 is 0 Å². The van der Waals surface area contributed by atoms with Crippen LogP contribution in [0.2, 0.25) is 0 Å². The lowest BCUT2D eigenvalue weighted by Crippen LogP contribution is -2.36. The van der Waals surface area contributed by atoms with Gasteiger partial charge in [-0.05, 0) is 61.4 Å². The summed E-state index contributed by atoms with van der Waals surface area (Å²) in [6, 6.07) is 22.2. The summed E-state index contributed by atoms with van der Waals surface area (Å²) in [5.41, 5.74) is 2.71. The average molecular weight is 404 g/mol. The molecule has 3 aromatic rings. The molecule has 0 aliphatic carbocycles. The molecule has 3 aromatic carbocycles. The van der Waals surface area contributed by atoms with Crippen LogP contribution in [0.5, 0.6) is 17.2 Å². The molecule has 0 atom stereocenters. The van der Waals surface area contributed by atoms with Crippen molar-refractivity contribution in [3.05, 3.63) is 83.9 Å². The van der Waals surface area contributed by atoms with Gasteiger partial charge in [-0.15, -0.1) is 0 Å². The fourth-order valence-corrected chi connectivity index (χ4v) is 2.80. The highest BCUT2D eigenvalue weighted by molar-refractivity contribution is 5.95. The number of rotatable bonds is 8. The van der Waals surface area contributed by atoms with Crippen molar-refractivity contribution >= 4 is 17.5 Å². The van der Waals surface area contributed by atoms with Gasteiger partial charge in [-0.2, -0.15) is 0 Å². The number of anilines is 1. The monoisotopic (exact) mass is 404 g/mol. The van der Waals surface area contributed by atoms with Crippen LogP contribution in [0, 0.1) is 13.8 Å². The van der Waals surface area contributed by atoms with Crippen molar-refractivity contribution in [3.63, 3.8) is 0 Å². The van der Waals surface area contributed by atoms with Gasteiger partial charge in [0.2, 0.25) is 5.91 Å². The second-order valence-corrected chi connectivity index (χ2v) is 6.77. The number of nitrogens with one attached hydrogen (secondary N) is 2. The molecule has 30 heavy (non-hydrogen) atoms. The van der Waals surface area contributed by atoms with E-state index >= 15 is 0 Å². The quantitative estimate of drug-likeness (QED) is 0.589. The van der Waals surface area contributed by atoms with Gasteiger partial charge in [0.1, 0.15) is 17.2 Å². The Bertz CT molecular complexity index is 981. The molecule has 6 nitrogen and oxygen atoms in total. The zero-order chi connectivity index (χ0) is 21.3. The fraction of sp³-hybridized carbons (Fsp3) is 0.167. The Labute approximate surface area is 175 Å². The lowest BCUT2D eigenvalue weighted by atomic mass is 10.1. The summed E-state index contributed by atoms with van der Waals surface area (Å²) in [6.07, 6.45) is 0. The number of amides is 2. The Morgan fingerprint density at radius 3 is 2.00 bits per heavy atom. The molecule has 0 aliphatic rings. The van der Waals surface area contributed by atoms with Crippen molar-refractivity contribution < 1.29 is 19.1 Å². The van der Waals surface area contributed by atoms with E-state index in [1.807, 2.05) is 62.4 Å². The number of aryl methyl sites for hydroxylation is 2. The van der Waals surface area contributed by atoms with Crippen LogP contribution in [0.25, 0.3) is 0 Å². The smallest absolute Gasteiger partial charge is 0.258 e. The van der Waals surface area contributed by atoms with Crippen LogP contribution in [-0.2, 0) is 9.59 Å². The molecule has 0 spiro atoms. The number of ether oxygens (including phenoxy) is 2. The van der Waals surface area contributed by atoms with Crippen molar-refractivity contribution in [2.45, 2.75) is 13.8 Å². The van der Waals surface area contributed by atoms with Crippen LogP contribution in [-0.4, -0.2) is 25.0 Å². The number of hydrogen-bond acceptors (Lipinski definition) is 4. The van der Waals surface area contributed by atoms with E-state index in [9.17, 15) is 9.59 Å². The van der Waals surface area contributed by atoms with Gasteiger partial charge in [0.25, 0.3) is 5.91 Å². The molecule has 0 radical (unpaired) electrons. The molecular formula is C24H24N2O4. The van der Waals surface area contributed by atoms with Gasteiger partial charge >= 0.3 is 0 Å². The summed E-state index contributed by atoms with van der Waals surface area (Å²) >= 11 is 0. The van der Waals surface area contributed by atoms with E-state index in [4.69, 9.17) is 9.47 Å². The molecule has 0 heterocycles. The van der Waals surface area contributed by atoms with Crippen LogP contribution in [0.4, 0.5) is 5.69 Å². The summed E-state index contributed by atoms with van der Waals surface area (Å²) < 4.78 is 11.2. The molecule has 2 amide bonds. The SMILES string of the molecule is Cc1cccc(C)c1NC(=O)CNC(=O)COc1ccc(Oc2ccccc2)cc1. The van der Waals surface area contributed by atoms with Gasteiger partial charge in [0, 0.05) is 5.69 Å². The molecule has 6 heteroatoms. The lowest BCUT2D eigenvalue weighted by molar-refractivity contribution is -0.125. The van der Waals surface area contributed by atoms with E-state index in [0.29, 0.717) is 11.5 Å². The van der Waals surface area contributed by atoms with Crippen LogP contribution < -0.4 is 20.1 Å². The number of carbonyl (C=O) groups is 2. The molecule has 0 unspecified atom stereocenters. The first kappa shape index (κ1) is 20.9. The van der Waals surface area contributed by atoms with E-state index in [2.05, 4.69) is 10.6 Å². The van der Waals surface area contributed by atoms with E-state index in [0.717, 1.165) is 22.6 Å². The lowest BCUT2D eigenvalue weighted by Gasteiger charge is -2.12. The summed E-state index contributed by atoms with van der Waals surface area (Å²) in [5, 5.41) is 5.38. The number of benzene rings is 3. The number of carbonyl (C=O) groups excluding carboxylic acids is 2. The van der Waals surface area contributed by atoms with Gasteiger partial charge in [-0.3, -0.25) is 9.59 Å². The van der Waals surface area contributed by atoms with Crippen molar-refractivity contribution in [1.82, 2.24) is 5.32 Å². The minimum atomic E-state index is -0.378. The number of para-hydroxylation sites is 2. The normalized spacial score (nSPS) is 10.2. The molecule has 0 saturated carbocycles. The Balaban J connectivity index is 1.41. The summed E-state index contributed by atoms with van der Waals surface area (Å²) in [6.45, 7) is 3.53. The molecule has 2 N–H and O–H groups in total. The first-order chi connectivity index (χ1) is 14.5. The Kier molecular flexibility index (Phi) is 7.05. The molecule has 0 aromatic heterocycles. The standard InChI is InChI=1S/C24H24N2O4/c1-17-7-6-8-18(2)24(17)26-22(27)15-25-23(28)16-29-19-11-13-21(14-12-19)30-20-9-4-3-5-10-20/h3-14H,15-16H2,1-2H3,(H,25,28)(H,26,27). The highest BCUT2D eigenvalue weighted by Crippen LogP contribution is 2.23. The van der Waals surface area contributed by atoms with Gasteiger partial charge in [-0.25, -0.2) is 0 Å². The average Bonchev–Trinajstić information content (AvgIpc) is 2.75. The third-order valence-corrected chi connectivity index (χ3v) is 4.36. The minimum absolute atomic E-state index is 0.125. The largest absolute Gasteiger partial charge is 0.484 e. The predicted molar refractivity (Wildman–Crippen MR) is 116 cm³/mol. The first-order valence-corrected chi connectivity index (χ1v) is 9.60. The van der Waals surface area contributed by atoms with E-state index < -0.39 is 0 Å². The zero-order valence-electron chi connectivity index (χ0n) is 17.0. The maximum Gasteiger partial charge on any atom is 0.258 e. The van der Waals surface area contributed by atoms with Crippen molar-refractivity contribution in [3.8, 4) is 17.2 Å². The van der Waals surface area contributed by atoms with Gasteiger partial charge < -0.3 is 20.1 Å². The topological polar surface area (TPSA) is 76.7 Å². The van der Waals surface area contributed by atoms with Crippen molar-refractivity contribution in [2.24, 2.45) is 0 Å². The molecule has 0 fully saturated rings. The first-order valence-electron chi connectivity index (χ1n) is 9.60. The highest BCUT2D eigenvalue weighted by Gasteiger charge is 2.09. The maximum atomic E-state index is 12.1. The molecule has 154 valence electrons. The Morgan fingerprint density at radius 2 is 1.33 bits per heavy atom. The molecular weight excluding hydrogens is 380 g/mol. The third-order valence-electron chi connectivity index (χ3n) is 4.36. The maximum absolute atomic E-state index is 12.1. The van der Waals surface area contributed by atoms with Crippen LogP contribution in [0.3, 0.4) is 0 Å². The van der Waals surface area contributed by atoms with Gasteiger partial charge in [-0.1, -0.05) is 36.4 Å². The minimum Gasteiger partial charge on any atom is -0.484 e. The Morgan fingerprint density at radius 1 is 0.733 bits per heavy atom. The molecule has 3 rings (SSSR count). The van der Waals surface area contributed by atoms with Crippen molar-refractivity contribution in [1.29, 1.82) is 0 Å². The van der Waals surface area contributed by atoms with Crippen LogP contribution in [0.1, 0.15) is 11.1 Å². The molecule has 0 aliphatic heterocycles. The fourth-order valence-electron chi connectivity index (χ4n) is 2.80. The molecule has 0 saturated heterocycles. The van der Waals surface area contributed by atoms with Crippen molar-refractivity contribution in [2.75, 3.05) is 18.5 Å². The predicted octanol–water partition coefficient (Wildman–Crippen LogP) is 4.23. The summed E-state index contributed by atoms with van der Waals surface area (Å²) in [5.74, 6) is 1.27. The third kappa shape index (κ3) is 6.10. The summed E-state index contributed by atoms with van der Waals surface area (Å²) in [4.78, 5) is 24.1. The van der Waals surface area contributed by atoms with Gasteiger partial charge in [0.05, 0.1) is 6.54 Å². The number of hydrogen-bond donors (Lipinski definition) is 2. The zero-order valence-corrected chi connectivity index (χ0v) is 17.0.